The zero-order chi connectivity index (χ0) is 17.8. The smallest absolute Gasteiger partial charge is 0.264 e. The Bertz CT molecular complexity index is 331. The van der Waals surface area contributed by atoms with Crippen LogP contribution in [0.25, 0.3) is 0 Å². The Morgan fingerprint density at radius 2 is 0.700 bits per heavy atom. The second kappa shape index (κ2) is 22.9. The molecule has 0 radical (unpaired) electrons. The van der Waals surface area contributed by atoms with Gasteiger partial charge in [-0.15, -0.1) is 52.6 Å². The lowest BCUT2D eigenvalue weighted by Gasteiger charge is -1.96. The van der Waals surface area contributed by atoms with Crippen molar-refractivity contribution in [1.82, 2.24) is 0 Å². The standard InChI is InChI=1S/C4H10O6S2.4C2H4/c5-11(6,7)3-1-2-4-12(8,9)10;4*1-2/h1-4H2,(H,5,6,7)(H,8,9,10);4*1-2H2. The Kier molecular flexibility index (Phi) is 35.8. The van der Waals surface area contributed by atoms with Crippen molar-refractivity contribution in [3.8, 4) is 0 Å². The average molecular weight is 330 g/mol. The summed E-state index contributed by atoms with van der Waals surface area (Å²) in [7, 11) is -8.04. The average Bonchev–Trinajstić information content (AvgIpc) is 2.42. The maximum atomic E-state index is 10.1. The van der Waals surface area contributed by atoms with E-state index in [-0.39, 0.29) is 12.8 Å². The van der Waals surface area contributed by atoms with Crippen molar-refractivity contribution in [2.75, 3.05) is 11.5 Å². The fraction of sp³-hybridized carbons (Fsp3) is 0.333. The molecule has 0 amide bonds. The van der Waals surface area contributed by atoms with Crippen molar-refractivity contribution in [2.24, 2.45) is 0 Å². The first kappa shape index (κ1) is 31.3. The van der Waals surface area contributed by atoms with Gasteiger partial charge in [0.05, 0.1) is 11.5 Å². The lowest BCUT2D eigenvalue weighted by Crippen LogP contribution is -2.08. The molecule has 0 spiro atoms. The van der Waals surface area contributed by atoms with Crippen LogP contribution in [0, 0.1) is 0 Å². The third kappa shape index (κ3) is 69.0. The van der Waals surface area contributed by atoms with Crippen molar-refractivity contribution < 1.29 is 25.9 Å². The Morgan fingerprint density at radius 1 is 0.550 bits per heavy atom. The first-order chi connectivity index (χ1) is 9.21. The highest BCUT2D eigenvalue weighted by atomic mass is 32.2. The van der Waals surface area contributed by atoms with Gasteiger partial charge in [-0.3, -0.25) is 9.11 Å². The molecule has 0 aromatic heterocycles. The molecule has 0 aliphatic heterocycles. The summed E-state index contributed by atoms with van der Waals surface area (Å²) in [5.74, 6) is -0.967. The van der Waals surface area contributed by atoms with E-state index < -0.39 is 31.7 Å². The normalized spacial score (nSPS) is 8.70. The minimum absolute atomic E-state index is 0.0125. The van der Waals surface area contributed by atoms with E-state index in [1.165, 1.54) is 0 Å². The van der Waals surface area contributed by atoms with Crippen LogP contribution in [-0.2, 0) is 20.2 Å². The number of hydrogen-bond donors (Lipinski definition) is 2. The van der Waals surface area contributed by atoms with E-state index in [4.69, 9.17) is 9.11 Å². The van der Waals surface area contributed by atoms with E-state index in [9.17, 15) is 16.8 Å². The van der Waals surface area contributed by atoms with Crippen LogP contribution in [-0.4, -0.2) is 37.4 Å². The summed E-state index contributed by atoms with van der Waals surface area (Å²) in [5.41, 5.74) is 0. The molecule has 0 saturated carbocycles. The summed E-state index contributed by atoms with van der Waals surface area (Å²) in [5, 5.41) is 0. The largest absolute Gasteiger partial charge is 0.286 e. The maximum Gasteiger partial charge on any atom is 0.264 e. The molecule has 0 aliphatic rings. The number of rotatable bonds is 5. The first-order valence-electron chi connectivity index (χ1n) is 5.11. The van der Waals surface area contributed by atoms with Crippen molar-refractivity contribution in [3.63, 3.8) is 0 Å². The highest BCUT2D eigenvalue weighted by molar-refractivity contribution is 7.86. The predicted octanol–water partition coefficient (Wildman–Crippen LogP) is 2.75. The van der Waals surface area contributed by atoms with Gasteiger partial charge in [-0.25, -0.2) is 0 Å². The predicted molar refractivity (Wildman–Crippen MR) is 87.1 cm³/mol. The number of hydrogen-bond acceptors (Lipinski definition) is 4. The van der Waals surface area contributed by atoms with Crippen LogP contribution in [0.5, 0.6) is 0 Å². The van der Waals surface area contributed by atoms with Gasteiger partial charge < -0.3 is 0 Å². The third-order valence-corrected chi connectivity index (χ3v) is 2.66. The van der Waals surface area contributed by atoms with Crippen molar-refractivity contribution in [3.05, 3.63) is 52.6 Å². The summed E-state index contributed by atoms with van der Waals surface area (Å²) in [6.45, 7) is 24.0. The molecule has 0 rings (SSSR count). The quantitative estimate of drug-likeness (QED) is 0.456. The van der Waals surface area contributed by atoms with Crippen LogP contribution in [0.3, 0.4) is 0 Å². The Balaban J connectivity index is -0.0000000799. The van der Waals surface area contributed by atoms with Crippen LogP contribution in [0.1, 0.15) is 12.8 Å². The number of unbranched alkanes of at least 4 members (excludes halogenated alkanes) is 1. The van der Waals surface area contributed by atoms with E-state index in [2.05, 4.69) is 52.6 Å². The van der Waals surface area contributed by atoms with Gasteiger partial charge in [0.25, 0.3) is 20.2 Å². The molecule has 6 nitrogen and oxygen atoms in total. The van der Waals surface area contributed by atoms with Crippen LogP contribution in [0.4, 0.5) is 0 Å². The maximum absolute atomic E-state index is 10.1. The van der Waals surface area contributed by atoms with Gasteiger partial charge in [0.15, 0.2) is 0 Å². The van der Waals surface area contributed by atoms with E-state index >= 15 is 0 Å². The molecule has 8 heteroatoms. The van der Waals surface area contributed by atoms with Crippen LogP contribution in [0.2, 0.25) is 0 Å². The zero-order valence-corrected chi connectivity index (χ0v) is 13.5. The molecular weight excluding hydrogens is 304 g/mol. The lowest BCUT2D eigenvalue weighted by molar-refractivity contribution is 0.473. The van der Waals surface area contributed by atoms with Gasteiger partial charge in [0.2, 0.25) is 0 Å². The Morgan fingerprint density at radius 3 is 0.800 bits per heavy atom. The van der Waals surface area contributed by atoms with E-state index in [1.807, 2.05) is 0 Å². The Hall–Kier alpha value is -1.22. The second-order valence-corrected chi connectivity index (χ2v) is 5.42. The highest BCUT2D eigenvalue weighted by Crippen LogP contribution is 1.96. The first-order valence-corrected chi connectivity index (χ1v) is 8.33. The summed E-state index contributed by atoms with van der Waals surface area (Å²) in [4.78, 5) is 0. The topological polar surface area (TPSA) is 109 Å². The summed E-state index contributed by atoms with van der Waals surface area (Å²) < 4.78 is 56.8. The van der Waals surface area contributed by atoms with Gasteiger partial charge in [-0.05, 0) is 12.8 Å². The zero-order valence-electron chi connectivity index (χ0n) is 11.8. The molecule has 0 aromatic rings. The summed E-state index contributed by atoms with van der Waals surface area (Å²) >= 11 is 0. The Labute approximate surface area is 123 Å². The van der Waals surface area contributed by atoms with Gasteiger partial charge in [0.1, 0.15) is 0 Å². The van der Waals surface area contributed by atoms with E-state index in [1.54, 1.807) is 0 Å². The fourth-order valence-electron chi connectivity index (χ4n) is 0.569. The summed E-state index contributed by atoms with van der Waals surface area (Å²) in [6, 6.07) is 0. The minimum atomic E-state index is -4.02. The van der Waals surface area contributed by atoms with Crippen LogP contribution in [0.15, 0.2) is 52.6 Å². The van der Waals surface area contributed by atoms with Gasteiger partial charge in [0, 0.05) is 0 Å². The van der Waals surface area contributed by atoms with Crippen molar-refractivity contribution in [2.45, 2.75) is 12.8 Å². The molecule has 0 unspecified atom stereocenters. The molecule has 0 saturated heterocycles. The van der Waals surface area contributed by atoms with Gasteiger partial charge in [-0.1, -0.05) is 0 Å². The van der Waals surface area contributed by atoms with Crippen molar-refractivity contribution in [1.29, 1.82) is 0 Å². The van der Waals surface area contributed by atoms with Crippen LogP contribution >= 0.6 is 0 Å². The van der Waals surface area contributed by atoms with E-state index in [0.29, 0.717) is 0 Å². The third-order valence-electron chi connectivity index (χ3n) is 1.05. The molecule has 122 valence electrons. The molecule has 2 N–H and O–H groups in total. The molecule has 0 fully saturated rings. The van der Waals surface area contributed by atoms with Crippen LogP contribution < -0.4 is 0 Å². The molecule has 0 heterocycles. The molecule has 0 bridgehead atoms. The van der Waals surface area contributed by atoms with E-state index in [0.717, 1.165) is 0 Å². The highest BCUT2D eigenvalue weighted by Gasteiger charge is 2.07. The lowest BCUT2D eigenvalue weighted by atomic mass is 10.4. The molecular formula is C12H26O6S2. The molecule has 0 atom stereocenters. The van der Waals surface area contributed by atoms with Gasteiger partial charge >= 0.3 is 0 Å². The fourth-order valence-corrected chi connectivity index (χ4v) is 1.71. The second-order valence-electron chi connectivity index (χ2n) is 2.28. The SMILES string of the molecule is C=C.C=C.C=C.C=C.O=S(=O)(O)CCCCS(=O)(=O)O. The molecule has 0 aromatic carbocycles. The van der Waals surface area contributed by atoms with Crippen molar-refractivity contribution >= 4 is 20.2 Å². The molecule has 0 aliphatic carbocycles. The van der Waals surface area contributed by atoms with Gasteiger partial charge in [-0.2, -0.15) is 16.8 Å². The summed E-state index contributed by atoms with van der Waals surface area (Å²) in [6.07, 6.45) is 0.0250. The minimum Gasteiger partial charge on any atom is -0.286 e. The molecule has 20 heavy (non-hydrogen) atoms. The monoisotopic (exact) mass is 330 g/mol.